The van der Waals surface area contributed by atoms with Gasteiger partial charge in [-0.1, -0.05) is 17.3 Å². The van der Waals surface area contributed by atoms with Gasteiger partial charge in [-0.15, -0.1) is 0 Å². The summed E-state index contributed by atoms with van der Waals surface area (Å²) >= 11 is 0. The van der Waals surface area contributed by atoms with Crippen molar-refractivity contribution in [3.63, 3.8) is 0 Å². The van der Waals surface area contributed by atoms with Crippen LogP contribution in [0.15, 0.2) is 17.3 Å². The van der Waals surface area contributed by atoms with Crippen molar-refractivity contribution < 1.29 is 5.21 Å². The van der Waals surface area contributed by atoms with Crippen molar-refractivity contribution in [1.29, 1.82) is 0 Å². The highest BCUT2D eigenvalue weighted by Crippen LogP contribution is 2.11. The molecule has 2 atom stereocenters. The van der Waals surface area contributed by atoms with Crippen LogP contribution in [-0.2, 0) is 0 Å². The zero-order chi connectivity index (χ0) is 10.4. The Morgan fingerprint density at radius 1 is 1.71 bits per heavy atom. The minimum Gasteiger partial charge on any atom is -0.409 e. The molecule has 0 bridgehead atoms. The van der Waals surface area contributed by atoms with Crippen LogP contribution in [0.25, 0.3) is 0 Å². The average molecular weight is 197 g/mol. The zero-order valence-corrected chi connectivity index (χ0v) is 8.61. The third-order valence-corrected chi connectivity index (χ3v) is 2.43. The largest absolute Gasteiger partial charge is 0.409 e. The van der Waals surface area contributed by atoms with Gasteiger partial charge < -0.3 is 16.3 Å². The van der Waals surface area contributed by atoms with Gasteiger partial charge in [0.05, 0.1) is 0 Å². The Kier molecular flexibility index (Phi) is 4.46. The number of nitrogens with one attached hydrogen (secondary N) is 1. The fourth-order valence-electron chi connectivity index (χ4n) is 1.76. The molecule has 14 heavy (non-hydrogen) atoms. The lowest BCUT2D eigenvalue weighted by molar-refractivity contribution is 0.315. The van der Waals surface area contributed by atoms with Crippen LogP contribution in [-0.4, -0.2) is 23.1 Å². The lowest BCUT2D eigenvalue weighted by Crippen LogP contribution is -2.39. The highest BCUT2D eigenvalue weighted by molar-refractivity contribution is 5.80. The van der Waals surface area contributed by atoms with Crippen molar-refractivity contribution in [2.45, 2.75) is 44.7 Å². The molecule has 0 aromatic heterocycles. The molecule has 0 aliphatic heterocycles. The monoisotopic (exact) mass is 197 g/mol. The Bertz CT molecular complexity index is 225. The van der Waals surface area contributed by atoms with Gasteiger partial charge in [0, 0.05) is 18.5 Å². The van der Waals surface area contributed by atoms with E-state index in [1.54, 1.807) is 0 Å². The smallest absolute Gasteiger partial charge is 0.140 e. The second kappa shape index (κ2) is 5.65. The Morgan fingerprint density at radius 2 is 2.50 bits per heavy atom. The van der Waals surface area contributed by atoms with Gasteiger partial charge in [0.1, 0.15) is 5.84 Å². The van der Waals surface area contributed by atoms with E-state index >= 15 is 0 Å². The summed E-state index contributed by atoms with van der Waals surface area (Å²) < 4.78 is 0. The molecule has 0 heterocycles. The van der Waals surface area contributed by atoms with Crippen molar-refractivity contribution in [1.82, 2.24) is 5.32 Å². The predicted molar refractivity (Wildman–Crippen MR) is 57.4 cm³/mol. The van der Waals surface area contributed by atoms with Gasteiger partial charge in [0.2, 0.25) is 0 Å². The molecular formula is C10H19N3O. The zero-order valence-electron chi connectivity index (χ0n) is 8.61. The lowest BCUT2D eigenvalue weighted by atomic mass is 10.0. The summed E-state index contributed by atoms with van der Waals surface area (Å²) in [6.45, 7) is 2.05. The minimum atomic E-state index is 0.266. The topological polar surface area (TPSA) is 70.6 Å². The summed E-state index contributed by atoms with van der Waals surface area (Å²) in [7, 11) is 0. The van der Waals surface area contributed by atoms with Crippen LogP contribution in [0.1, 0.15) is 32.6 Å². The van der Waals surface area contributed by atoms with E-state index in [0.29, 0.717) is 12.5 Å². The van der Waals surface area contributed by atoms with Crippen molar-refractivity contribution in [3.8, 4) is 0 Å². The molecule has 0 radical (unpaired) electrons. The molecule has 0 saturated carbocycles. The first-order chi connectivity index (χ1) is 6.72. The third kappa shape index (κ3) is 3.79. The molecule has 80 valence electrons. The maximum Gasteiger partial charge on any atom is 0.140 e. The Balaban J connectivity index is 2.25. The molecule has 1 aliphatic carbocycles. The molecule has 0 saturated heterocycles. The molecular weight excluding hydrogens is 178 g/mol. The van der Waals surface area contributed by atoms with Gasteiger partial charge in [0.25, 0.3) is 0 Å². The van der Waals surface area contributed by atoms with E-state index in [-0.39, 0.29) is 11.9 Å². The molecule has 1 aliphatic rings. The number of amidine groups is 1. The van der Waals surface area contributed by atoms with E-state index in [1.807, 2.05) is 0 Å². The molecule has 4 N–H and O–H groups in total. The highest BCUT2D eigenvalue weighted by Gasteiger charge is 2.13. The van der Waals surface area contributed by atoms with Crippen LogP contribution in [0.3, 0.4) is 0 Å². The van der Waals surface area contributed by atoms with E-state index in [0.717, 1.165) is 12.8 Å². The van der Waals surface area contributed by atoms with Gasteiger partial charge in [-0.25, -0.2) is 0 Å². The number of hydrogen-bond donors (Lipinski definition) is 3. The van der Waals surface area contributed by atoms with Crippen LogP contribution in [0.2, 0.25) is 0 Å². The summed E-state index contributed by atoms with van der Waals surface area (Å²) in [4.78, 5) is 0. The second-order valence-corrected chi connectivity index (χ2v) is 3.84. The van der Waals surface area contributed by atoms with Gasteiger partial charge in [0.15, 0.2) is 0 Å². The van der Waals surface area contributed by atoms with E-state index in [9.17, 15) is 0 Å². The van der Waals surface area contributed by atoms with Crippen LogP contribution >= 0.6 is 0 Å². The first-order valence-electron chi connectivity index (χ1n) is 5.10. The Hall–Kier alpha value is -1.03. The molecule has 0 aromatic rings. The van der Waals surface area contributed by atoms with E-state index in [4.69, 9.17) is 10.9 Å². The van der Waals surface area contributed by atoms with Crippen molar-refractivity contribution in [3.05, 3.63) is 12.2 Å². The minimum absolute atomic E-state index is 0.266. The number of rotatable bonds is 4. The first kappa shape index (κ1) is 11.0. The normalized spacial score (nSPS) is 24.9. The van der Waals surface area contributed by atoms with Gasteiger partial charge in [-0.05, 0) is 26.2 Å². The Labute approximate surface area is 84.9 Å². The summed E-state index contributed by atoms with van der Waals surface area (Å²) in [6.07, 6.45) is 8.42. The highest BCUT2D eigenvalue weighted by atomic mass is 16.4. The Morgan fingerprint density at radius 3 is 3.07 bits per heavy atom. The molecule has 0 aromatic carbocycles. The maximum absolute atomic E-state index is 8.41. The van der Waals surface area contributed by atoms with E-state index in [2.05, 4.69) is 29.5 Å². The fourth-order valence-corrected chi connectivity index (χ4v) is 1.76. The molecule has 4 nitrogen and oxygen atoms in total. The van der Waals surface area contributed by atoms with Gasteiger partial charge in [-0.2, -0.15) is 0 Å². The summed E-state index contributed by atoms with van der Waals surface area (Å²) in [5.74, 6) is 0.288. The molecule has 0 fully saturated rings. The van der Waals surface area contributed by atoms with Gasteiger partial charge >= 0.3 is 0 Å². The summed E-state index contributed by atoms with van der Waals surface area (Å²) in [5.41, 5.74) is 5.43. The van der Waals surface area contributed by atoms with Crippen LogP contribution < -0.4 is 11.1 Å². The van der Waals surface area contributed by atoms with Crippen LogP contribution in [0.4, 0.5) is 0 Å². The fraction of sp³-hybridized carbons (Fsp3) is 0.700. The number of nitrogens with two attached hydrogens (primary N) is 1. The van der Waals surface area contributed by atoms with Gasteiger partial charge in [-0.3, -0.25) is 0 Å². The van der Waals surface area contributed by atoms with Crippen LogP contribution in [0.5, 0.6) is 0 Å². The second-order valence-electron chi connectivity index (χ2n) is 3.84. The SMILES string of the molecule is CC(CC(N)=NO)NC1CC=CCC1. The molecule has 0 spiro atoms. The van der Waals surface area contributed by atoms with E-state index < -0.39 is 0 Å². The van der Waals surface area contributed by atoms with E-state index in [1.165, 1.54) is 6.42 Å². The van der Waals surface area contributed by atoms with Crippen molar-refractivity contribution in [2.75, 3.05) is 0 Å². The van der Waals surface area contributed by atoms with Crippen LogP contribution in [0, 0.1) is 0 Å². The standard InChI is InChI=1S/C10H19N3O/c1-8(7-10(11)13-14)12-9-5-3-2-4-6-9/h2-3,8-9,12,14H,4-7H2,1H3,(H2,11,13). The number of nitrogens with zero attached hydrogens (tertiary/aromatic N) is 1. The van der Waals surface area contributed by atoms with Crippen molar-refractivity contribution in [2.24, 2.45) is 10.9 Å². The molecule has 2 unspecified atom stereocenters. The average Bonchev–Trinajstić information content (AvgIpc) is 2.19. The summed E-state index contributed by atoms with van der Waals surface area (Å²) in [5, 5.41) is 14.8. The van der Waals surface area contributed by atoms with Crippen molar-refractivity contribution >= 4 is 5.84 Å². The molecule has 4 heteroatoms. The predicted octanol–water partition coefficient (Wildman–Crippen LogP) is 1.21. The molecule has 1 rings (SSSR count). The first-order valence-corrected chi connectivity index (χ1v) is 5.10. The molecule has 0 amide bonds. The third-order valence-electron chi connectivity index (χ3n) is 2.43. The lowest BCUT2D eigenvalue weighted by Gasteiger charge is -2.23. The quantitative estimate of drug-likeness (QED) is 0.208. The number of hydrogen-bond acceptors (Lipinski definition) is 3. The maximum atomic E-state index is 8.41. The summed E-state index contributed by atoms with van der Waals surface area (Å²) in [6, 6.07) is 0.809. The number of oxime groups is 1. The number of allylic oxidation sites excluding steroid dienone is 1.